The number of carbonyl (C=O) groups excluding carboxylic acids is 2. The largest absolute Gasteiger partial charge is 0.422 e. The van der Waals surface area contributed by atoms with Gasteiger partial charge in [0.2, 0.25) is 5.91 Å². The standard InChI is InChI=1S/C22H21Cl2FN2O5S/c1-11(28)27(5)18-15(23)7-6-14(16(18)24)20-19(32-21(29)22(2,3)4)17-12(10-33(20,30)31)8-13(25)9-26-17/h6-9H,10H2,1-5H3. The smallest absolute Gasteiger partial charge is 0.316 e. The summed E-state index contributed by atoms with van der Waals surface area (Å²) >= 11 is 12.8. The topological polar surface area (TPSA) is 93.6 Å². The van der Waals surface area contributed by atoms with E-state index < -0.39 is 43.6 Å². The molecule has 0 spiro atoms. The van der Waals surface area contributed by atoms with Crippen LogP contribution in [0.15, 0.2) is 24.4 Å². The van der Waals surface area contributed by atoms with Gasteiger partial charge in [-0.15, -0.1) is 0 Å². The molecule has 0 saturated heterocycles. The van der Waals surface area contributed by atoms with E-state index in [1.807, 2.05) is 0 Å². The van der Waals surface area contributed by atoms with Crippen molar-refractivity contribution in [1.29, 1.82) is 0 Å². The van der Waals surface area contributed by atoms with Crippen molar-refractivity contribution >= 4 is 61.3 Å². The second-order valence-corrected chi connectivity index (χ2v) is 11.3. The zero-order chi connectivity index (χ0) is 24.9. The summed E-state index contributed by atoms with van der Waals surface area (Å²) in [5, 5.41) is -0.0160. The average molecular weight is 515 g/mol. The van der Waals surface area contributed by atoms with Crippen molar-refractivity contribution in [2.75, 3.05) is 11.9 Å². The van der Waals surface area contributed by atoms with Gasteiger partial charge in [0.15, 0.2) is 15.6 Å². The van der Waals surface area contributed by atoms with E-state index in [0.29, 0.717) is 0 Å². The van der Waals surface area contributed by atoms with Crippen molar-refractivity contribution in [3.63, 3.8) is 0 Å². The number of hydrogen-bond acceptors (Lipinski definition) is 6. The Morgan fingerprint density at radius 1 is 1.21 bits per heavy atom. The molecular weight excluding hydrogens is 494 g/mol. The third kappa shape index (κ3) is 4.76. The van der Waals surface area contributed by atoms with Gasteiger partial charge >= 0.3 is 5.97 Å². The van der Waals surface area contributed by atoms with Crippen molar-refractivity contribution in [2.45, 2.75) is 33.4 Å². The van der Waals surface area contributed by atoms with E-state index in [0.717, 1.165) is 12.3 Å². The molecule has 2 aromatic rings. The summed E-state index contributed by atoms with van der Waals surface area (Å²) in [6, 6.07) is 3.77. The van der Waals surface area contributed by atoms with Gasteiger partial charge < -0.3 is 9.64 Å². The number of sulfone groups is 1. The van der Waals surface area contributed by atoms with E-state index in [9.17, 15) is 22.4 Å². The molecule has 1 aliphatic heterocycles. The van der Waals surface area contributed by atoms with Crippen LogP contribution in [-0.4, -0.2) is 32.3 Å². The van der Waals surface area contributed by atoms with Crippen LogP contribution < -0.4 is 4.90 Å². The van der Waals surface area contributed by atoms with E-state index in [2.05, 4.69) is 4.98 Å². The van der Waals surface area contributed by atoms with Gasteiger partial charge in [-0.1, -0.05) is 29.3 Å². The second-order valence-electron chi connectivity index (χ2n) is 8.55. The number of hydrogen-bond donors (Lipinski definition) is 0. The molecule has 7 nitrogen and oxygen atoms in total. The number of halogens is 3. The second kappa shape index (κ2) is 8.70. The quantitative estimate of drug-likeness (QED) is 0.543. The lowest BCUT2D eigenvalue weighted by molar-refractivity contribution is -0.145. The predicted octanol–water partition coefficient (Wildman–Crippen LogP) is 4.85. The van der Waals surface area contributed by atoms with Gasteiger partial charge in [-0.25, -0.2) is 17.8 Å². The molecule has 0 unspecified atom stereocenters. The minimum absolute atomic E-state index is 0.00585. The molecule has 0 saturated carbocycles. The molecule has 0 bridgehead atoms. The van der Waals surface area contributed by atoms with Gasteiger partial charge in [-0.2, -0.15) is 0 Å². The van der Waals surface area contributed by atoms with Crippen LogP contribution in [0.3, 0.4) is 0 Å². The molecule has 33 heavy (non-hydrogen) atoms. The van der Waals surface area contributed by atoms with Crippen LogP contribution in [-0.2, 0) is 29.9 Å². The highest BCUT2D eigenvalue weighted by Gasteiger charge is 2.39. The van der Waals surface area contributed by atoms with E-state index >= 15 is 0 Å². The first-order chi connectivity index (χ1) is 15.1. The number of rotatable bonds is 3. The van der Waals surface area contributed by atoms with E-state index in [1.54, 1.807) is 20.8 Å². The summed E-state index contributed by atoms with van der Waals surface area (Å²) in [5.74, 6) is -2.80. The van der Waals surface area contributed by atoms with Crippen LogP contribution in [0.4, 0.5) is 10.1 Å². The average Bonchev–Trinajstić information content (AvgIpc) is 2.67. The summed E-state index contributed by atoms with van der Waals surface area (Å²) in [4.78, 5) is 29.5. The molecule has 0 aliphatic carbocycles. The van der Waals surface area contributed by atoms with Crippen LogP contribution in [0.25, 0.3) is 10.7 Å². The van der Waals surface area contributed by atoms with Crippen molar-refractivity contribution in [2.24, 2.45) is 5.41 Å². The third-order valence-electron chi connectivity index (χ3n) is 4.94. The molecule has 11 heteroatoms. The van der Waals surface area contributed by atoms with Gasteiger partial charge in [0.25, 0.3) is 0 Å². The zero-order valence-corrected chi connectivity index (χ0v) is 20.8. The fourth-order valence-corrected chi connectivity index (χ4v) is 5.61. The zero-order valence-electron chi connectivity index (χ0n) is 18.5. The van der Waals surface area contributed by atoms with E-state index in [4.69, 9.17) is 27.9 Å². The summed E-state index contributed by atoms with van der Waals surface area (Å²) in [5.41, 5.74) is -0.875. The number of aromatic nitrogens is 1. The minimum atomic E-state index is -4.18. The van der Waals surface area contributed by atoms with Crippen LogP contribution in [0.5, 0.6) is 0 Å². The van der Waals surface area contributed by atoms with Gasteiger partial charge in [0, 0.05) is 19.5 Å². The Kier molecular flexibility index (Phi) is 6.63. The molecular formula is C22H21Cl2FN2O5S. The SMILES string of the molecule is CC(=O)N(C)c1c(Cl)ccc(C2=C(OC(=O)C(C)(C)C)c3ncc(F)cc3CS2(=O)=O)c1Cl. The Morgan fingerprint density at radius 2 is 1.85 bits per heavy atom. The summed E-state index contributed by atoms with van der Waals surface area (Å²) in [7, 11) is -2.75. The molecule has 3 rings (SSSR count). The van der Waals surface area contributed by atoms with E-state index in [1.165, 1.54) is 31.0 Å². The lowest BCUT2D eigenvalue weighted by Gasteiger charge is -2.26. The van der Waals surface area contributed by atoms with Gasteiger partial charge in [0.1, 0.15) is 16.4 Å². The number of fused-ring (bicyclic) bond motifs is 1. The molecule has 176 valence electrons. The number of carbonyl (C=O) groups is 2. The Labute approximate surface area is 201 Å². The van der Waals surface area contributed by atoms with Crippen molar-refractivity contribution in [1.82, 2.24) is 4.98 Å². The van der Waals surface area contributed by atoms with Crippen LogP contribution in [0.1, 0.15) is 44.5 Å². The van der Waals surface area contributed by atoms with Gasteiger partial charge in [-0.05, 0) is 38.5 Å². The molecule has 0 atom stereocenters. The first-order valence-corrected chi connectivity index (χ1v) is 12.1. The molecule has 0 fully saturated rings. The number of anilines is 1. The first kappa shape index (κ1) is 25.1. The van der Waals surface area contributed by atoms with Crippen LogP contribution >= 0.6 is 23.2 Å². The Hall–Kier alpha value is -2.49. The lowest BCUT2D eigenvalue weighted by atomic mass is 9.97. The molecule has 0 radical (unpaired) electrons. The third-order valence-corrected chi connectivity index (χ3v) is 7.34. The maximum absolute atomic E-state index is 13.8. The van der Waals surface area contributed by atoms with Gasteiger partial charge in [-0.3, -0.25) is 9.59 Å². The number of esters is 1. The first-order valence-electron chi connectivity index (χ1n) is 9.72. The molecule has 1 aliphatic rings. The Balaban J connectivity index is 2.41. The highest BCUT2D eigenvalue weighted by molar-refractivity contribution is 8.00. The molecule has 1 aromatic heterocycles. The fourth-order valence-electron chi connectivity index (χ4n) is 3.13. The van der Waals surface area contributed by atoms with Crippen molar-refractivity contribution in [3.8, 4) is 0 Å². The Bertz CT molecular complexity index is 1320. The number of ether oxygens (including phenoxy) is 1. The van der Waals surface area contributed by atoms with Gasteiger partial charge in [0.05, 0.1) is 33.1 Å². The number of amides is 1. The molecule has 1 amide bonds. The van der Waals surface area contributed by atoms with Crippen LogP contribution in [0.2, 0.25) is 10.0 Å². The molecule has 2 heterocycles. The van der Waals surface area contributed by atoms with Crippen LogP contribution in [0, 0.1) is 11.2 Å². The highest BCUT2D eigenvalue weighted by atomic mass is 35.5. The number of benzene rings is 1. The predicted molar refractivity (Wildman–Crippen MR) is 125 cm³/mol. The fraction of sp³-hybridized carbons (Fsp3) is 0.318. The summed E-state index contributed by atoms with van der Waals surface area (Å²) < 4.78 is 46.1. The number of pyridine rings is 1. The van der Waals surface area contributed by atoms with Crippen molar-refractivity contribution in [3.05, 3.63) is 57.1 Å². The maximum Gasteiger partial charge on any atom is 0.316 e. The normalized spacial score (nSPS) is 15.2. The van der Waals surface area contributed by atoms with E-state index in [-0.39, 0.29) is 38.3 Å². The summed E-state index contributed by atoms with van der Waals surface area (Å²) in [6.45, 7) is 6.09. The molecule has 0 N–H and O–H groups in total. The van der Waals surface area contributed by atoms with Crippen molar-refractivity contribution < 1.29 is 27.1 Å². The minimum Gasteiger partial charge on any atom is -0.422 e. The Morgan fingerprint density at radius 3 is 2.42 bits per heavy atom. The number of nitrogens with zero attached hydrogens (tertiary/aromatic N) is 2. The summed E-state index contributed by atoms with van der Waals surface area (Å²) in [6.07, 6.45) is 0.901. The monoisotopic (exact) mass is 514 g/mol. The molecule has 1 aromatic carbocycles. The highest BCUT2D eigenvalue weighted by Crippen LogP contribution is 2.46. The lowest BCUT2D eigenvalue weighted by Crippen LogP contribution is -2.26. The maximum atomic E-state index is 13.8.